The van der Waals surface area contributed by atoms with Crippen LogP contribution in [0.3, 0.4) is 0 Å². The van der Waals surface area contributed by atoms with Crippen molar-refractivity contribution in [2.45, 2.75) is 18.9 Å². The van der Waals surface area contributed by atoms with Gasteiger partial charge in [0.25, 0.3) is 0 Å². The smallest absolute Gasteiger partial charge is 0.327 e. The highest BCUT2D eigenvalue weighted by Crippen LogP contribution is 2.32. The summed E-state index contributed by atoms with van der Waals surface area (Å²) in [4.78, 5) is 12.0. The molecular weight excluding hydrogens is 258 g/mol. The van der Waals surface area contributed by atoms with Gasteiger partial charge in [-0.05, 0) is 43.5 Å². The minimum Gasteiger partial charge on any atom is -0.497 e. The topological polar surface area (TPSA) is 56.8 Å². The molecule has 1 fully saturated rings. The van der Waals surface area contributed by atoms with Gasteiger partial charge in [0.1, 0.15) is 17.5 Å². The number of carbonyl (C=O) groups is 1. The lowest BCUT2D eigenvalue weighted by Crippen LogP contribution is -2.31. The Labute approximate surface area is 119 Å². The molecule has 0 radical (unpaired) electrons. The molecule has 5 nitrogen and oxygen atoms in total. The van der Waals surface area contributed by atoms with E-state index in [1.165, 1.54) is 20.0 Å². The van der Waals surface area contributed by atoms with Crippen LogP contribution in [0.5, 0.6) is 11.5 Å². The quantitative estimate of drug-likeness (QED) is 0.773. The van der Waals surface area contributed by atoms with Crippen LogP contribution < -0.4 is 14.8 Å². The van der Waals surface area contributed by atoms with Gasteiger partial charge in [-0.1, -0.05) is 0 Å². The molecule has 0 aliphatic heterocycles. The number of nitrogens with one attached hydrogen (secondary N) is 1. The Balaban J connectivity index is 2.26. The van der Waals surface area contributed by atoms with Crippen LogP contribution in [0.15, 0.2) is 18.2 Å². The Morgan fingerprint density at radius 1 is 1.30 bits per heavy atom. The predicted molar refractivity (Wildman–Crippen MR) is 75.0 cm³/mol. The summed E-state index contributed by atoms with van der Waals surface area (Å²) in [6.45, 7) is 0.806. The van der Waals surface area contributed by atoms with Crippen molar-refractivity contribution in [1.82, 2.24) is 5.32 Å². The Kier molecular flexibility index (Phi) is 4.84. The predicted octanol–water partition coefficient (Wildman–Crippen LogP) is 1.92. The lowest BCUT2D eigenvalue weighted by Gasteiger charge is -2.20. The monoisotopic (exact) mass is 279 g/mol. The lowest BCUT2D eigenvalue weighted by molar-refractivity contribution is -0.143. The Morgan fingerprint density at radius 2 is 2.05 bits per heavy atom. The molecule has 110 valence electrons. The molecule has 0 bridgehead atoms. The highest BCUT2D eigenvalue weighted by atomic mass is 16.5. The minimum atomic E-state index is -0.536. The van der Waals surface area contributed by atoms with Crippen molar-refractivity contribution in [1.29, 1.82) is 0 Å². The van der Waals surface area contributed by atoms with E-state index < -0.39 is 6.04 Å². The average molecular weight is 279 g/mol. The molecule has 1 aromatic carbocycles. The Morgan fingerprint density at radius 3 is 2.60 bits per heavy atom. The van der Waals surface area contributed by atoms with Crippen LogP contribution in [0.1, 0.15) is 24.4 Å². The number of hydrogen-bond donors (Lipinski definition) is 1. The summed E-state index contributed by atoms with van der Waals surface area (Å²) in [7, 11) is 4.57. The second-order valence-electron chi connectivity index (χ2n) is 4.92. The third-order valence-electron chi connectivity index (χ3n) is 3.49. The molecule has 0 spiro atoms. The normalized spacial score (nSPS) is 15.6. The van der Waals surface area contributed by atoms with E-state index >= 15 is 0 Å². The fraction of sp³-hybridized carbons (Fsp3) is 0.533. The zero-order chi connectivity index (χ0) is 14.5. The molecule has 5 heteroatoms. The molecule has 1 N–H and O–H groups in total. The van der Waals surface area contributed by atoms with E-state index in [9.17, 15) is 4.79 Å². The molecule has 1 atom stereocenters. The van der Waals surface area contributed by atoms with E-state index in [2.05, 4.69) is 5.32 Å². The maximum Gasteiger partial charge on any atom is 0.327 e. The van der Waals surface area contributed by atoms with Gasteiger partial charge in [-0.3, -0.25) is 0 Å². The third kappa shape index (κ3) is 3.42. The van der Waals surface area contributed by atoms with Gasteiger partial charge in [0.15, 0.2) is 0 Å². The molecule has 1 aliphatic carbocycles. The van der Waals surface area contributed by atoms with Gasteiger partial charge in [0.05, 0.1) is 21.3 Å². The van der Waals surface area contributed by atoms with Crippen molar-refractivity contribution in [3.8, 4) is 11.5 Å². The lowest BCUT2D eigenvalue weighted by atomic mass is 10.0. The number of ether oxygens (including phenoxy) is 3. The summed E-state index contributed by atoms with van der Waals surface area (Å²) in [5.74, 6) is 1.67. The maximum atomic E-state index is 12.0. The molecule has 1 unspecified atom stereocenters. The van der Waals surface area contributed by atoms with Gasteiger partial charge in [-0.25, -0.2) is 4.79 Å². The summed E-state index contributed by atoms with van der Waals surface area (Å²) < 4.78 is 15.5. The molecule has 0 aromatic heterocycles. The average Bonchev–Trinajstić information content (AvgIpc) is 3.31. The third-order valence-corrected chi connectivity index (χ3v) is 3.49. The van der Waals surface area contributed by atoms with E-state index in [-0.39, 0.29) is 5.97 Å². The summed E-state index contributed by atoms with van der Waals surface area (Å²) >= 11 is 0. The summed E-state index contributed by atoms with van der Waals surface area (Å²) in [6, 6.07) is 4.87. The van der Waals surface area contributed by atoms with Crippen molar-refractivity contribution in [2.24, 2.45) is 5.92 Å². The second-order valence-corrected chi connectivity index (χ2v) is 4.92. The number of carbonyl (C=O) groups excluding carboxylic acids is 1. The van der Waals surface area contributed by atoms with Gasteiger partial charge in [-0.15, -0.1) is 0 Å². The number of rotatable bonds is 7. The molecule has 1 saturated carbocycles. The van der Waals surface area contributed by atoms with Crippen LogP contribution in [-0.2, 0) is 9.53 Å². The van der Waals surface area contributed by atoms with Crippen LogP contribution in [-0.4, -0.2) is 33.8 Å². The van der Waals surface area contributed by atoms with E-state index in [1.807, 2.05) is 0 Å². The number of hydrogen-bond acceptors (Lipinski definition) is 5. The van der Waals surface area contributed by atoms with Crippen LogP contribution in [0.2, 0.25) is 0 Å². The van der Waals surface area contributed by atoms with E-state index in [0.29, 0.717) is 17.4 Å². The van der Waals surface area contributed by atoms with Gasteiger partial charge in [0, 0.05) is 5.56 Å². The van der Waals surface area contributed by atoms with Crippen LogP contribution in [0.4, 0.5) is 0 Å². The molecule has 2 rings (SSSR count). The summed E-state index contributed by atoms with van der Waals surface area (Å²) in [5, 5.41) is 3.26. The first-order valence-corrected chi connectivity index (χ1v) is 6.72. The number of methoxy groups -OCH3 is 3. The molecule has 1 aliphatic rings. The first kappa shape index (κ1) is 14.7. The largest absolute Gasteiger partial charge is 0.497 e. The number of esters is 1. The first-order chi connectivity index (χ1) is 9.69. The van der Waals surface area contributed by atoms with Gasteiger partial charge in [0.2, 0.25) is 0 Å². The molecular formula is C15H21NO4. The van der Waals surface area contributed by atoms with E-state index in [4.69, 9.17) is 14.2 Å². The summed E-state index contributed by atoms with van der Waals surface area (Å²) in [5.41, 5.74) is 0.736. The van der Waals surface area contributed by atoms with Gasteiger partial charge >= 0.3 is 5.97 Å². The minimum absolute atomic E-state index is 0.322. The molecule has 1 aromatic rings. The van der Waals surface area contributed by atoms with E-state index in [1.54, 1.807) is 32.4 Å². The molecule has 20 heavy (non-hydrogen) atoms. The van der Waals surface area contributed by atoms with Crippen LogP contribution >= 0.6 is 0 Å². The van der Waals surface area contributed by atoms with Crippen molar-refractivity contribution >= 4 is 5.97 Å². The molecule has 0 heterocycles. The zero-order valence-corrected chi connectivity index (χ0v) is 12.1. The first-order valence-electron chi connectivity index (χ1n) is 6.72. The van der Waals surface area contributed by atoms with Crippen LogP contribution in [0.25, 0.3) is 0 Å². The Bertz CT molecular complexity index is 471. The van der Waals surface area contributed by atoms with Crippen molar-refractivity contribution < 1.29 is 19.0 Å². The highest BCUT2D eigenvalue weighted by molar-refractivity contribution is 5.78. The fourth-order valence-electron chi connectivity index (χ4n) is 2.11. The number of benzene rings is 1. The molecule has 0 saturated heterocycles. The van der Waals surface area contributed by atoms with Crippen LogP contribution in [0, 0.1) is 5.92 Å². The van der Waals surface area contributed by atoms with Crippen molar-refractivity contribution in [3.63, 3.8) is 0 Å². The van der Waals surface area contributed by atoms with Crippen molar-refractivity contribution in [3.05, 3.63) is 23.8 Å². The molecule has 0 amide bonds. The summed E-state index contributed by atoms with van der Waals surface area (Å²) in [6.07, 6.45) is 2.44. The van der Waals surface area contributed by atoms with E-state index in [0.717, 1.165) is 12.1 Å². The fourth-order valence-corrected chi connectivity index (χ4v) is 2.11. The second kappa shape index (κ2) is 6.61. The van der Waals surface area contributed by atoms with Gasteiger partial charge in [-0.2, -0.15) is 0 Å². The maximum absolute atomic E-state index is 12.0. The standard InChI is InChI=1S/C15H21NO4/c1-18-11-6-7-13(19-2)12(8-11)14(15(17)20-3)16-9-10-4-5-10/h6-8,10,14,16H,4-5,9H2,1-3H3. The van der Waals surface area contributed by atoms with Crippen molar-refractivity contribution in [2.75, 3.05) is 27.9 Å². The SMILES string of the molecule is COC(=O)C(NCC1CC1)c1cc(OC)ccc1OC. The zero-order valence-electron chi connectivity index (χ0n) is 12.1. The van der Waals surface area contributed by atoms with Gasteiger partial charge < -0.3 is 19.5 Å². The highest BCUT2D eigenvalue weighted by Gasteiger charge is 2.28. The Hall–Kier alpha value is -1.75.